The van der Waals surface area contributed by atoms with Gasteiger partial charge in [0.15, 0.2) is 11.5 Å². The van der Waals surface area contributed by atoms with Gasteiger partial charge in [0.2, 0.25) is 0 Å². The molecule has 0 unspecified atom stereocenters. The molecule has 2 rings (SSSR count). The second-order valence-corrected chi connectivity index (χ2v) is 5.30. The molecule has 0 spiro atoms. The van der Waals surface area contributed by atoms with Gasteiger partial charge in [-0.15, -0.1) is 0 Å². The lowest BCUT2D eigenvalue weighted by Gasteiger charge is -2.04. The van der Waals surface area contributed by atoms with Gasteiger partial charge in [0.05, 0.1) is 11.2 Å². The summed E-state index contributed by atoms with van der Waals surface area (Å²) >= 11 is 5.69. The number of carbonyl (C=O) groups is 2. The highest BCUT2D eigenvalue weighted by Crippen LogP contribution is 2.33. The zero-order chi connectivity index (χ0) is 17.7. The summed E-state index contributed by atoms with van der Waals surface area (Å²) in [6.07, 6.45) is 1.17. The number of hydrogen-bond acceptors (Lipinski definition) is 5. The van der Waals surface area contributed by atoms with E-state index >= 15 is 0 Å². The standard InChI is InChI=1S/C16H14ClN3O4/c1-9-2-4-11(5-3-9)19-15(23)16(24)20-18-8-10-6-12(17)14(22)13(21)7-10/h2-8,21-22H,1H3,(H,19,23)(H,20,24)/b18-8+. The molecular formula is C16H14ClN3O4. The predicted octanol–water partition coefficient (Wildman–Crippen LogP) is 2.15. The average Bonchev–Trinajstić information content (AvgIpc) is 2.54. The fourth-order valence-electron chi connectivity index (χ4n) is 1.72. The molecule has 0 aliphatic heterocycles. The number of hydrazone groups is 1. The van der Waals surface area contributed by atoms with Crippen LogP contribution in [0.1, 0.15) is 11.1 Å². The topological polar surface area (TPSA) is 111 Å². The fourth-order valence-corrected chi connectivity index (χ4v) is 1.94. The van der Waals surface area contributed by atoms with Crippen molar-refractivity contribution >= 4 is 35.3 Å². The number of benzene rings is 2. The lowest BCUT2D eigenvalue weighted by molar-refractivity contribution is -0.136. The van der Waals surface area contributed by atoms with Crippen molar-refractivity contribution in [2.75, 3.05) is 5.32 Å². The number of nitrogens with one attached hydrogen (secondary N) is 2. The fraction of sp³-hybridized carbons (Fsp3) is 0.0625. The Hall–Kier alpha value is -3.06. The number of phenolic OH excluding ortho intramolecular Hbond substituents is 2. The highest BCUT2D eigenvalue weighted by atomic mass is 35.5. The van der Waals surface area contributed by atoms with E-state index in [0.29, 0.717) is 11.3 Å². The van der Waals surface area contributed by atoms with Gasteiger partial charge < -0.3 is 15.5 Å². The number of halogens is 1. The lowest BCUT2D eigenvalue weighted by Crippen LogP contribution is -2.32. The molecule has 2 aromatic rings. The van der Waals surface area contributed by atoms with E-state index in [4.69, 9.17) is 11.6 Å². The summed E-state index contributed by atoms with van der Waals surface area (Å²) in [4.78, 5) is 23.3. The second kappa shape index (κ2) is 7.47. The third-order valence-electron chi connectivity index (χ3n) is 2.96. The van der Waals surface area contributed by atoms with Gasteiger partial charge in [-0.3, -0.25) is 9.59 Å². The van der Waals surface area contributed by atoms with E-state index in [9.17, 15) is 19.8 Å². The first-order valence-corrected chi connectivity index (χ1v) is 7.17. The third kappa shape index (κ3) is 4.47. The van der Waals surface area contributed by atoms with Crippen LogP contribution in [0.4, 0.5) is 5.69 Å². The molecule has 0 bridgehead atoms. The number of aromatic hydroxyl groups is 2. The number of hydrogen-bond donors (Lipinski definition) is 4. The van der Waals surface area contributed by atoms with Crippen LogP contribution in [0.5, 0.6) is 11.5 Å². The Morgan fingerprint density at radius 2 is 1.79 bits per heavy atom. The summed E-state index contributed by atoms with van der Waals surface area (Å²) in [5, 5.41) is 24.7. The van der Waals surface area contributed by atoms with Gasteiger partial charge in [-0.2, -0.15) is 5.10 Å². The molecular weight excluding hydrogens is 334 g/mol. The highest BCUT2D eigenvalue weighted by molar-refractivity contribution is 6.39. The number of phenols is 2. The van der Waals surface area contributed by atoms with E-state index in [-0.39, 0.29) is 5.02 Å². The van der Waals surface area contributed by atoms with E-state index in [1.54, 1.807) is 24.3 Å². The molecule has 0 aliphatic rings. The monoisotopic (exact) mass is 347 g/mol. The first-order valence-electron chi connectivity index (χ1n) is 6.79. The zero-order valence-corrected chi connectivity index (χ0v) is 13.3. The molecule has 0 saturated heterocycles. The molecule has 0 aliphatic carbocycles. The number of nitrogens with zero attached hydrogens (tertiary/aromatic N) is 1. The van der Waals surface area contributed by atoms with Crippen molar-refractivity contribution in [1.82, 2.24) is 5.43 Å². The molecule has 0 heterocycles. The van der Waals surface area contributed by atoms with Crippen LogP contribution in [-0.4, -0.2) is 28.2 Å². The van der Waals surface area contributed by atoms with Crippen molar-refractivity contribution in [2.45, 2.75) is 6.92 Å². The van der Waals surface area contributed by atoms with Gasteiger partial charge in [0, 0.05) is 5.69 Å². The number of aryl methyl sites for hydroxylation is 1. The molecule has 2 aromatic carbocycles. The largest absolute Gasteiger partial charge is 0.504 e. The van der Waals surface area contributed by atoms with Crippen LogP contribution >= 0.6 is 11.6 Å². The SMILES string of the molecule is Cc1ccc(NC(=O)C(=O)N/N=C/c2cc(O)c(O)c(Cl)c2)cc1. The molecule has 4 N–H and O–H groups in total. The Morgan fingerprint density at radius 1 is 1.12 bits per heavy atom. The van der Waals surface area contributed by atoms with Crippen LogP contribution in [0.2, 0.25) is 5.02 Å². The maximum atomic E-state index is 11.7. The van der Waals surface area contributed by atoms with E-state index in [1.165, 1.54) is 18.3 Å². The van der Waals surface area contributed by atoms with Crippen LogP contribution in [0.3, 0.4) is 0 Å². The predicted molar refractivity (Wildman–Crippen MR) is 90.3 cm³/mol. The van der Waals surface area contributed by atoms with Crippen molar-refractivity contribution in [3.05, 3.63) is 52.5 Å². The van der Waals surface area contributed by atoms with Crippen LogP contribution in [-0.2, 0) is 9.59 Å². The van der Waals surface area contributed by atoms with Crippen LogP contribution in [0, 0.1) is 6.92 Å². The maximum absolute atomic E-state index is 11.7. The second-order valence-electron chi connectivity index (χ2n) is 4.89. The van der Waals surface area contributed by atoms with Gasteiger partial charge in [0.1, 0.15) is 0 Å². The number of amides is 2. The Bertz CT molecular complexity index is 780. The van der Waals surface area contributed by atoms with E-state index in [1.807, 2.05) is 12.3 Å². The van der Waals surface area contributed by atoms with Gasteiger partial charge in [-0.1, -0.05) is 29.3 Å². The average molecular weight is 348 g/mol. The summed E-state index contributed by atoms with van der Waals surface area (Å²) in [7, 11) is 0. The minimum absolute atomic E-state index is 0.0695. The normalized spacial score (nSPS) is 10.6. The first-order chi connectivity index (χ1) is 11.4. The van der Waals surface area contributed by atoms with E-state index in [2.05, 4.69) is 10.4 Å². The molecule has 124 valence electrons. The van der Waals surface area contributed by atoms with Crippen LogP contribution < -0.4 is 10.7 Å². The minimum Gasteiger partial charge on any atom is -0.504 e. The zero-order valence-electron chi connectivity index (χ0n) is 12.6. The maximum Gasteiger partial charge on any atom is 0.329 e. The molecule has 0 saturated carbocycles. The van der Waals surface area contributed by atoms with Gasteiger partial charge in [0.25, 0.3) is 0 Å². The summed E-state index contributed by atoms with van der Waals surface area (Å²) in [6, 6.07) is 9.47. The molecule has 0 radical (unpaired) electrons. The molecule has 0 aromatic heterocycles. The van der Waals surface area contributed by atoms with Crippen molar-refractivity contribution in [1.29, 1.82) is 0 Å². The molecule has 24 heavy (non-hydrogen) atoms. The summed E-state index contributed by atoms with van der Waals surface area (Å²) < 4.78 is 0. The van der Waals surface area contributed by atoms with Crippen LogP contribution in [0.15, 0.2) is 41.5 Å². The number of carbonyl (C=O) groups excluding carboxylic acids is 2. The van der Waals surface area contributed by atoms with Gasteiger partial charge in [-0.05, 0) is 36.8 Å². The van der Waals surface area contributed by atoms with Gasteiger partial charge in [-0.25, -0.2) is 5.43 Å². The Balaban J connectivity index is 1.94. The molecule has 7 nitrogen and oxygen atoms in total. The highest BCUT2D eigenvalue weighted by Gasteiger charge is 2.12. The molecule has 0 fully saturated rings. The number of rotatable bonds is 3. The smallest absolute Gasteiger partial charge is 0.329 e. The quantitative estimate of drug-likeness (QED) is 0.295. The minimum atomic E-state index is -0.957. The van der Waals surface area contributed by atoms with E-state index < -0.39 is 23.3 Å². The van der Waals surface area contributed by atoms with E-state index in [0.717, 1.165) is 5.56 Å². The molecule has 8 heteroatoms. The summed E-state index contributed by atoms with van der Waals surface area (Å²) in [6.45, 7) is 1.90. The van der Waals surface area contributed by atoms with Crippen molar-refractivity contribution in [2.24, 2.45) is 5.10 Å². The van der Waals surface area contributed by atoms with Crippen molar-refractivity contribution in [3.63, 3.8) is 0 Å². The third-order valence-corrected chi connectivity index (χ3v) is 3.25. The van der Waals surface area contributed by atoms with Crippen molar-refractivity contribution in [3.8, 4) is 11.5 Å². The molecule has 0 atom stereocenters. The van der Waals surface area contributed by atoms with Gasteiger partial charge >= 0.3 is 11.8 Å². The van der Waals surface area contributed by atoms with Crippen LogP contribution in [0.25, 0.3) is 0 Å². The first kappa shape index (κ1) is 17.3. The molecule has 2 amide bonds. The Labute approximate surface area is 142 Å². The summed E-state index contributed by atoms with van der Waals surface area (Å²) in [5.41, 5.74) is 3.89. The Morgan fingerprint density at radius 3 is 2.42 bits per heavy atom. The summed E-state index contributed by atoms with van der Waals surface area (Å²) in [5.74, 6) is -2.70. The Kier molecular flexibility index (Phi) is 5.39. The van der Waals surface area contributed by atoms with Crippen molar-refractivity contribution < 1.29 is 19.8 Å². The number of anilines is 1. The lowest BCUT2D eigenvalue weighted by atomic mass is 10.2.